The SMILES string of the molecule is Cc1cc(-n2ccc[n+]2C)ccn1. The Bertz CT molecular complexity index is 418. The Hall–Kier alpha value is -1.64. The molecule has 0 fully saturated rings. The maximum absolute atomic E-state index is 4.16. The molecule has 0 amide bonds. The quantitative estimate of drug-likeness (QED) is 0.591. The number of hydrogen-bond donors (Lipinski definition) is 0. The van der Waals surface area contributed by atoms with Gasteiger partial charge in [0.2, 0.25) is 0 Å². The molecular weight excluding hydrogens is 162 g/mol. The standard InChI is InChI=1S/C10H12N3/c1-9-8-10(4-5-11-9)13-7-3-6-12(13)2/h3-8H,1-2H3/q+1. The zero-order valence-electron chi connectivity index (χ0n) is 7.81. The molecular formula is C10H12N3+. The predicted molar refractivity (Wildman–Crippen MR) is 49.5 cm³/mol. The lowest BCUT2D eigenvalue weighted by Crippen LogP contribution is -2.36. The van der Waals surface area contributed by atoms with E-state index < -0.39 is 0 Å². The van der Waals surface area contributed by atoms with E-state index in [0.29, 0.717) is 0 Å². The van der Waals surface area contributed by atoms with Crippen molar-refractivity contribution in [3.05, 3.63) is 42.5 Å². The maximum atomic E-state index is 4.16. The summed E-state index contributed by atoms with van der Waals surface area (Å²) >= 11 is 0. The largest absolute Gasteiger partial charge is 0.261 e. The molecule has 0 saturated heterocycles. The lowest BCUT2D eigenvalue weighted by atomic mass is 10.3. The van der Waals surface area contributed by atoms with Gasteiger partial charge >= 0.3 is 0 Å². The Labute approximate surface area is 77.3 Å². The lowest BCUT2D eigenvalue weighted by Gasteiger charge is -1.99. The zero-order chi connectivity index (χ0) is 9.26. The molecule has 13 heavy (non-hydrogen) atoms. The van der Waals surface area contributed by atoms with Crippen LogP contribution in [0.15, 0.2) is 36.8 Å². The van der Waals surface area contributed by atoms with Crippen molar-refractivity contribution >= 4 is 0 Å². The minimum atomic E-state index is 1.03. The second-order valence-corrected chi connectivity index (χ2v) is 3.06. The third kappa shape index (κ3) is 1.45. The summed E-state index contributed by atoms with van der Waals surface area (Å²) in [5.74, 6) is 0. The van der Waals surface area contributed by atoms with Crippen molar-refractivity contribution in [3.63, 3.8) is 0 Å². The van der Waals surface area contributed by atoms with E-state index >= 15 is 0 Å². The normalized spacial score (nSPS) is 10.3. The molecule has 0 spiro atoms. The second-order valence-electron chi connectivity index (χ2n) is 3.06. The number of hydrogen-bond acceptors (Lipinski definition) is 1. The third-order valence-corrected chi connectivity index (χ3v) is 2.01. The van der Waals surface area contributed by atoms with Crippen LogP contribution in [0.5, 0.6) is 0 Å². The summed E-state index contributed by atoms with van der Waals surface area (Å²) in [7, 11) is 2.01. The van der Waals surface area contributed by atoms with Gasteiger partial charge in [-0.15, -0.1) is 9.36 Å². The Kier molecular flexibility index (Phi) is 1.85. The Balaban J connectivity index is 2.53. The van der Waals surface area contributed by atoms with Gasteiger partial charge in [-0.1, -0.05) is 0 Å². The molecule has 0 saturated carbocycles. The van der Waals surface area contributed by atoms with Crippen molar-refractivity contribution in [2.75, 3.05) is 0 Å². The number of nitrogens with zero attached hydrogens (tertiary/aromatic N) is 3. The fourth-order valence-electron chi connectivity index (χ4n) is 1.36. The number of pyridine rings is 1. The molecule has 2 heterocycles. The fourth-order valence-corrected chi connectivity index (χ4v) is 1.36. The van der Waals surface area contributed by atoms with Crippen LogP contribution >= 0.6 is 0 Å². The molecule has 66 valence electrons. The first-order valence-electron chi connectivity index (χ1n) is 4.24. The van der Waals surface area contributed by atoms with Crippen LogP contribution in [-0.2, 0) is 7.05 Å². The topological polar surface area (TPSA) is 21.7 Å². The first-order chi connectivity index (χ1) is 6.27. The molecule has 2 aromatic rings. The number of aromatic nitrogens is 3. The number of aryl methyl sites for hydroxylation is 2. The van der Waals surface area contributed by atoms with E-state index in [1.165, 1.54) is 0 Å². The third-order valence-electron chi connectivity index (χ3n) is 2.01. The summed E-state index contributed by atoms with van der Waals surface area (Å²) in [6, 6.07) is 6.06. The van der Waals surface area contributed by atoms with Gasteiger partial charge in [-0.25, -0.2) is 0 Å². The van der Waals surface area contributed by atoms with E-state index in [4.69, 9.17) is 0 Å². The summed E-state index contributed by atoms with van der Waals surface area (Å²) in [5, 5.41) is 0. The van der Waals surface area contributed by atoms with Crippen molar-refractivity contribution < 1.29 is 4.68 Å². The van der Waals surface area contributed by atoms with Crippen LogP contribution in [0.2, 0.25) is 0 Å². The van der Waals surface area contributed by atoms with Gasteiger partial charge in [-0.05, 0) is 19.1 Å². The van der Waals surface area contributed by atoms with Gasteiger partial charge < -0.3 is 0 Å². The molecule has 0 unspecified atom stereocenters. The summed E-state index contributed by atoms with van der Waals surface area (Å²) < 4.78 is 4.09. The van der Waals surface area contributed by atoms with E-state index in [1.54, 1.807) is 0 Å². The smallest absolute Gasteiger partial charge is 0.195 e. The molecule has 0 N–H and O–H groups in total. The van der Waals surface area contributed by atoms with E-state index in [0.717, 1.165) is 11.4 Å². The highest BCUT2D eigenvalue weighted by atomic mass is 15.4. The van der Waals surface area contributed by atoms with Gasteiger partial charge in [0.1, 0.15) is 5.69 Å². The molecule has 0 aliphatic rings. The molecule has 0 aromatic carbocycles. The van der Waals surface area contributed by atoms with Gasteiger partial charge in [0, 0.05) is 18.0 Å². The predicted octanol–water partition coefficient (Wildman–Crippen LogP) is 1.01. The summed E-state index contributed by atoms with van der Waals surface area (Å²) in [6.07, 6.45) is 5.86. The molecule has 2 aromatic heterocycles. The zero-order valence-corrected chi connectivity index (χ0v) is 7.81. The van der Waals surface area contributed by atoms with Crippen molar-refractivity contribution in [1.29, 1.82) is 0 Å². The van der Waals surface area contributed by atoms with Crippen molar-refractivity contribution in [1.82, 2.24) is 9.67 Å². The van der Waals surface area contributed by atoms with Crippen molar-refractivity contribution in [2.24, 2.45) is 7.05 Å². The van der Waals surface area contributed by atoms with Crippen LogP contribution in [0.25, 0.3) is 5.69 Å². The van der Waals surface area contributed by atoms with Crippen LogP contribution in [0.4, 0.5) is 0 Å². The van der Waals surface area contributed by atoms with Crippen LogP contribution in [-0.4, -0.2) is 9.67 Å². The molecule has 0 aliphatic heterocycles. The van der Waals surface area contributed by atoms with Gasteiger partial charge in [-0.3, -0.25) is 4.98 Å². The van der Waals surface area contributed by atoms with E-state index in [2.05, 4.69) is 15.7 Å². The van der Waals surface area contributed by atoms with E-state index in [9.17, 15) is 0 Å². The maximum Gasteiger partial charge on any atom is 0.195 e. The molecule has 0 bridgehead atoms. The molecule has 2 rings (SSSR count). The van der Waals surface area contributed by atoms with Gasteiger partial charge in [0.05, 0.1) is 6.20 Å². The monoisotopic (exact) mass is 174 g/mol. The van der Waals surface area contributed by atoms with Crippen LogP contribution in [0.1, 0.15) is 5.69 Å². The first-order valence-corrected chi connectivity index (χ1v) is 4.24. The summed E-state index contributed by atoms with van der Waals surface area (Å²) in [5.41, 5.74) is 2.17. The molecule has 3 heteroatoms. The van der Waals surface area contributed by atoms with E-state index in [1.807, 2.05) is 49.4 Å². The van der Waals surface area contributed by atoms with E-state index in [-0.39, 0.29) is 0 Å². The minimum Gasteiger partial charge on any atom is -0.261 e. The Morgan fingerprint density at radius 1 is 1.46 bits per heavy atom. The highest BCUT2D eigenvalue weighted by Crippen LogP contribution is 2.04. The minimum absolute atomic E-state index is 1.03. The van der Waals surface area contributed by atoms with Gasteiger partial charge in [0.15, 0.2) is 13.2 Å². The van der Waals surface area contributed by atoms with Crippen molar-refractivity contribution in [3.8, 4) is 5.69 Å². The molecule has 0 atom stereocenters. The van der Waals surface area contributed by atoms with Crippen molar-refractivity contribution in [2.45, 2.75) is 6.92 Å². The van der Waals surface area contributed by atoms with Gasteiger partial charge in [-0.2, -0.15) is 0 Å². The first kappa shape index (κ1) is 7.98. The van der Waals surface area contributed by atoms with Crippen LogP contribution in [0, 0.1) is 6.92 Å². The Morgan fingerprint density at radius 2 is 2.31 bits per heavy atom. The highest BCUT2D eigenvalue weighted by molar-refractivity contribution is 5.29. The number of rotatable bonds is 1. The lowest BCUT2D eigenvalue weighted by molar-refractivity contribution is -0.744. The summed E-state index contributed by atoms with van der Waals surface area (Å²) in [6.45, 7) is 1.99. The van der Waals surface area contributed by atoms with Crippen LogP contribution < -0.4 is 4.68 Å². The fraction of sp³-hybridized carbons (Fsp3) is 0.200. The highest BCUT2D eigenvalue weighted by Gasteiger charge is 2.04. The van der Waals surface area contributed by atoms with Crippen LogP contribution in [0.3, 0.4) is 0 Å². The second kappa shape index (κ2) is 3.01. The average molecular weight is 174 g/mol. The van der Waals surface area contributed by atoms with Gasteiger partial charge in [0.25, 0.3) is 0 Å². The average Bonchev–Trinajstić information content (AvgIpc) is 2.51. The molecule has 3 nitrogen and oxygen atoms in total. The Morgan fingerprint density at radius 3 is 2.92 bits per heavy atom. The summed E-state index contributed by atoms with van der Waals surface area (Å²) in [4.78, 5) is 4.16. The molecule has 0 radical (unpaired) electrons. The molecule has 0 aliphatic carbocycles.